The number of ether oxygens (including phenoxy) is 4. The number of hydrogen-bond acceptors (Lipinski definition) is 6. The van der Waals surface area contributed by atoms with E-state index in [4.69, 9.17) is 18.9 Å². The zero-order valence-electron chi connectivity index (χ0n) is 39.6. The Kier molecular flexibility index (Phi) is 18.7. The molecule has 2 aliphatic rings. The van der Waals surface area contributed by atoms with Crippen molar-refractivity contribution >= 4 is 11.9 Å². The highest BCUT2D eigenvalue weighted by molar-refractivity contribution is 5.76. The van der Waals surface area contributed by atoms with Gasteiger partial charge in [0, 0.05) is 5.56 Å². The van der Waals surface area contributed by atoms with Gasteiger partial charge in [-0.2, -0.15) is 0 Å². The van der Waals surface area contributed by atoms with Crippen LogP contribution in [0.25, 0.3) is 0 Å². The van der Waals surface area contributed by atoms with Crippen molar-refractivity contribution in [2.75, 3.05) is 13.2 Å². The van der Waals surface area contributed by atoms with Crippen LogP contribution in [0.4, 0.5) is 0 Å². The van der Waals surface area contributed by atoms with Gasteiger partial charge in [0.2, 0.25) is 0 Å². The number of unbranched alkanes of at least 4 members (excludes halogenated alkanes) is 5. The molecule has 0 aromatic heterocycles. The topological polar surface area (TPSA) is 112 Å². The average Bonchev–Trinajstić information content (AvgIpc) is 3.22. The highest BCUT2D eigenvalue weighted by Crippen LogP contribution is 2.46. The van der Waals surface area contributed by atoms with E-state index in [0.717, 1.165) is 90.4 Å². The molecular formula is C53H80O8. The summed E-state index contributed by atoms with van der Waals surface area (Å²) >= 11 is 0. The molecule has 0 bridgehead atoms. The van der Waals surface area contributed by atoms with Crippen molar-refractivity contribution in [3.63, 3.8) is 0 Å². The van der Waals surface area contributed by atoms with Gasteiger partial charge in [-0.25, -0.2) is 0 Å². The van der Waals surface area contributed by atoms with Crippen LogP contribution in [-0.2, 0) is 22.4 Å². The molecule has 0 spiro atoms. The molecule has 2 heterocycles. The third kappa shape index (κ3) is 14.3. The molecule has 340 valence electrons. The number of hydrogen-bond donors (Lipinski definition) is 2. The second kappa shape index (κ2) is 22.9. The SMILES string of the molecule is CCCCCCCC=CC1(C)CCc2c(C)c(OC(C)(CCC=CC(C)(CCC(CCCOc3ccc4c(c3)CCCO4)C(=O)O)C(=O)O)CC(C)C(C)C)c(C)c(C)c2O1. The van der Waals surface area contributed by atoms with Gasteiger partial charge in [0.1, 0.15) is 34.2 Å². The summed E-state index contributed by atoms with van der Waals surface area (Å²) in [7, 11) is 0. The largest absolute Gasteiger partial charge is 0.494 e. The highest BCUT2D eigenvalue weighted by Gasteiger charge is 2.36. The predicted octanol–water partition coefficient (Wildman–Crippen LogP) is 13.5. The summed E-state index contributed by atoms with van der Waals surface area (Å²) < 4.78 is 25.7. The van der Waals surface area contributed by atoms with Crippen LogP contribution in [0.3, 0.4) is 0 Å². The van der Waals surface area contributed by atoms with E-state index in [1.54, 1.807) is 13.0 Å². The molecule has 0 amide bonds. The Morgan fingerprint density at radius 1 is 0.918 bits per heavy atom. The van der Waals surface area contributed by atoms with Crippen molar-refractivity contribution in [3.05, 3.63) is 70.3 Å². The molecule has 2 aliphatic heterocycles. The minimum absolute atomic E-state index is 0.225. The van der Waals surface area contributed by atoms with Gasteiger partial charge in [-0.15, -0.1) is 0 Å². The molecular weight excluding hydrogens is 765 g/mol. The number of benzene rings is 2. The number of fused-ring (bicyclic) bond motifs is 2. The average molecular weight is 845 g/mol. The molecule has 8 nitrogen and oxygen atoms in total. The van der Waals surface area contributed by atoms with Crippen LogP contribution in [0.15, 0.2) is 42.5 Å². The molecule has 0 fully saturated rings. The van der Waals surface area contributed by atoms with E-state index in [1.165, 1.54) is 37.7 Å². The van der Waals surface area contributed by atoms with Crippen LogP contribution < -0.4 is 18.9 Å². The summed E-state index contributed by atoms with van der Waals surface area (Å²) in [6.45, 7) is 22.7. The van der Waals surface area contributed by atoms with E-state index in [-0.39, 0.29) is 18.4 Å². The van der Waals surface area contributed by atoms with Crippen LogP contribution >= 0.6 is 0 Å². The summed E-state index contributed by atoms with van der Waals surface area (Å²) in [5.41, 5.74) is 3.71. The minimum Gasteiger partial charge on any atom is -0.494 e. The lowest BCUT2D eigenvalue weighted by Crippen LogP contribution is -2.37. The highest BCUT2D eigenvalue weighted by atomic mass is 16.5. The van der Waals surface area contributed by atoms with E-state index in [2.05, 4.69) is 74.5 Å². The van der Waals surface area contributed by atoms with E-state index < -0.39 is 28.9 Å². The molecule has 0 radical (unpaired) electrons. The second-order valence-electron chi connectivity index (χ2n) is 19.5. The van der Waals surface area contributed by atoms with Crippen molar-refractivity contribution < 1.29 is 38.7 Å². The van der Waals surface area contributed by atoms with Crippen LogP contribution in [-0.4, -0.2) is 46.6 Å². The molecule has 2 aromatic carbocycles. The van der Waals surface area contributed by atoms with Crippen molar-refractivity contribution in [2.45, 2.75) is 190 Å². The van der Waals surface area contributed by atoms with E-state index in [1.807, 2.05) is 24.3 Å². The molecule has 61 heavy (non-hydrogen) atoms. The summed E-state index contributed by atoms with van der Waals surface area (Å²) in [5.74, 6) is 1.96. The maximum Gasteiger partial charge on any atom is 0.313 e. The van der Waals surface area contributed by atoms with Gasteiger partial charge in [-0.1, -0.05) is 71.6 Å². The standard InChI is InChI=1S/C53H80O8/c1-11-12-13-14-15-16-17-29-52(9)32-27-45-41(7)47(39(5)40(6)48(45)61-52)60-53(10,36-38(4)37(2)3)30-19-18-28-51(8,50(56)57)31-26-42(49(54)55)22-20-33-58-44-24-25-46-43(35-44)23-21-34-59-46/h17-18,24-25,28-29,35,37-38,42H,11-16,19-23,26-27,30-34,36H2,1-10H3,(H,54,55)(H,56,57). The molecule has 4 rings (SSSR count). The third-order valence-corrected chi connectivity index (χ3v) is 13.7. The predicted molar refractivity (Wildman–Crippen MR) is 248 cm³/mol. The number of carbonyl (C=O) groups is 2. The van der Waals surface area contributed by atoms with Gasteiger partial charge in [0.25, 0.3) is 0 Å². The lowest BCUT2D eigenvalue weighted by molar-refractivity contribution is -0.147. The van der Waals surface area contributed by atoms with Crippen molar-refractivity contribution in [1.82, 2.24) is 0 Å². The van der Waals surface area contributed by atoms with Crippen LogP contribution in [0, 0.1) is 43.9 Å². The van der Waals surface area contributed by atoms with Gasteiger partial charge in [-0.05, 0) is 183 Å². The molecule has 0 saturated carbocycles. The Morgan fingerprint density at radius 3 is 2.38 bits per heavy atom. The quantitative estimate of drug-likeness (QED) is 0.0711. The molecule has 8 heteroatoms. The van der Waals surface area contributed by atoms with Crippen LogP contribution in [0.1, 0.15) is 173 Å². The Bertz CT molecular complexity index is 1810. The van der Waals surface area contributed by atoms with Gasteiger partial charge in [-0.3, -0.25) is 9.59 Å². The smallest absolute Gasteiger partial charge is 0.313 e. The van der Waals surface area contributed by atoms with Gasteiger partial charge >= 0.3 is 11.9 Å². The second-order valence-corrected chi connectivity index (χ2v) is 19.5. The monoisotopic (exact) mass is 845 g/mol. The third-order valence-electron chi connectivity index (χ3n) is 13.7. The number of carboxylic acid groups (broad SMARTS) is 2. The van der Waals surface area contributed by atoms with Gasteiger partial charge < -0.3 is 29.2 Å². The molecule has 0 saturated heterocycles. The van der Waals surface area contributed by atoms with Crippen molar-refractivity contribution in [2.24, 2.45) is 23.2 Å². The Balaban J connectivity index is 1.40. The Hall–Kier alpha value is -3.94. The first-order valence-electron chi connectivity index (χ1n) is 23.6. The number of carboxylic acids is 2. The van der Waals surface area contributed by atoms with E-state index in [9.17, 15) is 19.8 Å². The fraction of sp³-hybridized carbons (Fsp3) is 0.660. The summed E-state index contributed by atoms with van der Waals surface area (Å²) in [6.07, 6.45) is 23.3. The molecule has 5 unspecified atom stereocenters. The summed E-state index contributed by atoms with van der Waals surface area (Å²) in [4.78, 5) is 25.0. The first kappa shape index (κ1) is 49.7. The maximum absolute atomic E-state index is 12.7. The van der Waals surface area contributed by atoms with E-state index >= 15 is 0 Å². The number of allylic oxidation sites excluding steroid dienone is 2. The first-order valence-corrected chi connectivity index (χ1v) is 23.6. The molecule has 0 aliphatic carbocycles. The minimum atomic E-state index is -1.20. The number of aliphatic carboxylic acids is 2. The maximum atomic E-state index is 12.7. The number of rotatable bonds is 26. The fourth-order valence-corrected chi connectivity index (χ4v) is 8.88. The van der Waals surface area contributed by atoms with Crippen LogP contribution in [0.2, 0.25) is 0 Å². The van der Waals surface area contributed by atoms with Crippen molar-refractivity contribution in [3.8, 4) is 23.0 Å². The Labute approximate surface area is 368 Å². The lowest BCUT2D eigenvalue weighted by Gasteiger charge is -2.39. The molecule has 2 N–H and O–H groups in total. The van der Waals surface area contributed by atoms with Gasteiger partial charge in [0.15, 0.2) is 0 Å². The van der Waals surface area contributed by atoms with Crippen LogP contribution in [0.5, 0.6) is 23.0 Å². The summed E-state index contributed by atoms with van der Waals surface area (Å²) in [6, 6.07) is 5.83. The van der Waals surface area contributed by atoms with E-state index in [0.29, 0.717) is 44.1 Å². The summed E-state index contributed by atoms with van der Waals surface area (Å²) in [5, 5.41) is 20.4. The lowest BCUT2D eigenvalue weighted by atomic mass is 9.80. The molecule has 5 atom stereocenters. The first-order chi connectivity index (χ1) is 28.9. The Morgan fingerprint density at radius 2 is 1.67 bits per heavy atom. The fourth-order valence-electron chi connectivity index (χ4n) is 8.88. The number of aryl methyl sites for hydroxylation is 1. The normalized spacial score (nSPS) is 19.3. The van der Waals surface area contributed by atoms with Gasteiger partial charge in [0.05, 0.1) is 24.5 Å². The zero-order valence-corrected chi connectivity index (χ0v) is 39.6. The zero-order chi connectivity index (χ0) is 44.8. The molecule has 2 aromatic rings. The van der Waals surface area contributed by atoms with Crippen molar-refractivity contribution in [1.29, 1.82) is 0 Å².